The summed E-state index contributed by atoms with van der Waals surface area (Å²) in [5, 5.41) is 3.13. The lowest BCUT2D eigenvalue weighted by molar-refractivity contribution is 0.0916. The molecule has 5 heteroatoms. The summed E-state index contributed by atoms with van der Waals surface area (Å²) in [4.78, 5) is 21.3. The first-order chi connectivity index (χ1) is 10.6. The molecule has 0 unspecified atom stereocenters. The molecule has 0 aromatic carbocycles. The van der Waals surface area contributed by atoms with Crippen molar-refractivity contribution in [2.75, 3.05) is 0 Å². The Morgan fingerprint density at radius 2 is 2.05 bits per heavy atom. The maximum Gasteiger partial charge on any atom is 0.274 e. The molecule has 1 saturated carbocycles. The van der Waals surface area contributed by atoms with E-state index in [0.717, 1.165) is 11.4 Å². The molecule has 1 aliphatic carbocycles. The third-order valence-electron chi connectivity index (χ3n) is 4.75. The highest BCUT2D eigenvalue weighted by Gasteiger charge is 2.24. The van der Waals surface area contributed by atoms with Crippen LogP contribution in [0.15, 0.2) is 12.4 Å². The Morgan fingerprint density at radius 3 is 2.77 bits per heavy atom. The Kier molecular flexibility index (Phi) is 4.14. The largest absolute Gasteiger partial charge is 0.348 e. The minimum atomic E-state index is -0.113. The number of nitrogens with zero attached hydrogens (tertiary/aromatic N) is 3. The van der Waals surface area contributed by atoms with Gasteiger partial charge < -0.3 is 5.32 Å². The van der Waals surface area contributed by atoms with E-state index in [9.17, 15) is 4.79 Å². The summed E-state index contributed by atoms with van der Waals surface area (Å²) in [6.07, 6.45) is 7.97. The topological polar surface area (TPSA) is 59.3 Å². The standard InChI is InChI=1S/C17H24N4O/c1-11-9-12(2)21-10-18-15(16(21)19-11)17(22)20-13(3)14-7-5-4-6-8-14/h9-10,13-14H,4-8H2,1-3H3,(H,20,22)/t13-/m1/s1. The minimum absolute atomic E-state index is 0.113. The second-order valence-corrected chi connectivity index (χ2v) is 6.49. The number of imidazole rings is 1. The van der Waals surface area contributed by atoms with E-state index in [2.05, 4.69) is 22.2 Å². The van der Waals surface area contributed by atoms with Gasteiger partial charge in [0, 0.05) is 17.4 Å². The van der Waals surface area contributed by atoms with Gasteiger partial charge >= 0.3 is 0 Å². The molecule has 1 aliphatic rings. The van der Waals surface area contributed by atoms with Gasteiger partial charge in [0.15, 0.2) is 11.3 Å². The highest BCUT2D eigenvalue weighted by molar-refractivity contribution is 5.98. The summed E-state index contributed by atoms with van der Waals surface area (Å²) >= 11 is 0. The Hall–Kier alpha value is -1.91. The number of amides is 1. The fraction of sp³-hybridized carbons (Fsp3) is 0.588. The van der Waals surface area contributed by atoms with Gasteiger partial charge in [-0.3, -0.25) is 9.20 Å². The lowest BCUT2D eigenvalue weighted by Crippen LogP contribution is -2.39. The summed E-state index contributed by atoms with van der Waals surface area (Å²) in [5.74, 6) is 0.473. The van der Waals surface area contributed by atoms with Gasteiger partial charge in [0.05, 0.1) is 0 Å². The van der Waals surface area contributed by atoms with Gasteiger partial charge in [0.2, 0.25) is 0 Å². The van der Waals surface area contributed by atoms with Crippen molar-refractivity contribution in [1.82, 2.24) is 19.7 Å². The van der Waals surface area contributed by atoms with E-state index in [1.165, 1.54) is 32.1 Å². The van der Waals surface area contributed by atoms with Crippen molar-refractivity contribution in [2.24, 2.45) is 5.92 Å². The second-order valence-electron chi connectivity index (χ2n) is 6.49. The molecule has 1 N–H and O–H groups in total. The number of aryl methyl sites for hydroxylation is 2. The SMILES string of the molecule is Cc1cc(C)n2cnc(C(=O)N[C@H](C)C3CCCCC3)c2n1. The zero-order valence-electron chi connectivity index (χ0n) is 13.6. The molecule has 118 valence electrons. The molecular weight excluding hydrogens is 276 g/mol. The van der Waals surface area contributed by atoms with Gasteiger partial charge in [-0.1, -0.05) is 19.3 Å². The van der Waals surface area contributed by atoms with E-state index in [-0.39, 0.29) is 11.9 Å². The van der Waals surface area contributed by atoms with Crippen LogP contribution in [0.25, 0.3) is 5.65 Å². The molecule has 0 radical (unpaired) electrons. The van der Waals surface area contributed by atoms with Crippen molar-refractivity contribution in [1.29, 1.82) is 0 Å². The number of nitrogens with one attached hydrogen (secondary N) is 1. The zero-order valence-corrected chi connectivity index (χ0v) is 13.6. The average molecular weight is 300 g/mol. The van der Waals surface area contributed by atoms with Crippen molar-refractivity contribution in [3.8, 4) is 0 Å². The van der Waals surface area contributed by atoms with Crippen LogP contribution < -0.4 is 5.32 Å². The minimum Gasteiger partial charge on any atom is -0.348 e. The number of carbonyl (C=O) groups excluding carboxylic acids is 1. The third kappa shape index (κ3) is 2.85. The van der Waals surface area contributed by atoms with Crippen LogP contribution in [0.2, 0.25) is 0 Å². The molecule has 2 heterocycles. The first-order valence-electron chi connectivity index (χ1n) is 8.18. The third-order valence-corrected chi connectivity index (χ3v) is 4.75. The maximum absolute atomic E-state index is 12.6. The van der Waals surface area contributed by atoms with Gasteiger partial charge in [0.25, 0.3) is 5.91 Å². The van der Waals surface area contributed by atoms with Crippen molar-refractivity contribution >= 4 is 11.6 Å². The highest BCUT2D eigenvalue weighted by atomic mass is 16.2. The molecule has 2 aromatic heterocycles. The van der Waals surface area contributed by atoms with Crippen LogP contribution in [0.5, 0.6) is 0 Å². The van der Waals surface area contributed by atoms with Gasteiger partial charge in [-0.25, -0.2) is 9.97 Å². The number of hydrogen-bond donors (Lipinski definition) is 1. The van der Waals surface area contributed by atoms with Crippen molar-refractivity contribution in [3.63, 3.8) is 0 Å². The summed E-state index contributed by atoms with van der Waals surface area (Å²) in [6.45, 7) is 6.04. The predicted molar refractivity (Wildman–Crippen MR) is 86.0 cm³/mol. The smallest absolute Gasteiger partial charge is 0.274 e. The first kappa shape index (κ1) is 15.0. The molecular formula is C17H24N4O. The highest BCUT2D eigenvalue weighted by Crippen LogP contribution is 2.26. The molecule has 0 spiro atoms. The second kappa shape index (κ2) is 6.07. The van der Waals surface area contributed by atoms with Crippen LogP contribution in [0.4, 0.5) is 0 Å². The maximum atomic E-state index is 12.6. The monoisotopic (exact) mass is 300 g/mol. The molecule has 0 saturated heterocycles. The molecule has 22 heavy (non-hydrogen) atoms. The molecule has 5 nitrogen and oxygen atoms in total. The van der Waals surface area contributed by atoms with E-state index in [0.29, 0.717) is 17.3 Å². The van der Waals surface area contributed by atoms with Crippen LogP contribution in [0, 0.1) is 19.8 Å². The lowest BCUT2D eigenvalue weighted by Gasteiger charge is -2.28. The fourth-order valence-corrected chi connectivity index (χ4v) is 3.47. The summed E-state index contributed by atoms with van der Waals surface area (Å²) in [6, 6.07) is 2.18. The van der Waals surface area contributed by atoms with E-state index < -0.39 is 0 Å². The van der Waals surface area contributed by atoms with Gasteiger partial charge in [-0.05, 0) is 45.6 Å². The molecule has 0 aliphatic heterocycles. The van der Waals surface area contributed by atoms with E-state index in [4.69, 9.17) is 0 Å². The van der Waals surface area contributed by atoms with Crippen LogP contribution in [0.3, 0.4) is 0 Å². The molecule has 1 atom stereocenters. The summed E-state index contributed by atoms with van der Waals surface area (Å²) in [5.41, 5.74) is 3.01. The number of hydrogen-bond acceptors (Lipinski definition) is 3. The van der Waals surface area contributed by atoms with Crippen LogP contribution in [-0.4, -0.2) is 26.3 Å². The summed E-state index contributed by atoms with van der Waals surface area (Å²) < 4.78 is 1.87. The summed E-state index contributed by atoms with van der Waals surface area (Å²) in [7, 11) is 0. The lowest BCUT2D eigenvalue weighted by atomic mass is 9.84. The van der Waals surface area contributed by atoms with Crippen molar-refractivity contribution in [3.05, 3.63) is 29.5 Å². The molecule has 1 amide bonds. The van der Waals surface area contributed by atoms with Crippen molar-refractivity contribution in [2.45, 2.75) is 58.9 Å². The quantitative estimate of drug-likeness (QED) is 0.947. The van der Waals surface area contributed by atoms with Gasteiger partial charge in [0.1, 0.15) is 6.33 Å². The number of aromatic nitrogens is 3. The fourth-order valence-electron chi connectivity index (χ4n) is 3.47. The molecule has 0 bridgehead atoms. The molecule has 3 rings (SSSR count). The number of fused-ring (bicyclic) bond motifs is 1. The Bertz CT molecular complexity index is 685. The molecule has 2 aromatic rings. The van der Waals surface area contributed by atoms with E-state index in [1.807, 2.05) is 24.3 Å². The van der Waals surface area contributed by atoms with Crippen LogP contribution >= 0.6 is 0 Å². The normalized spacial score (nSPS) is 17.6. The van der Waals surface area contributed by atoms with Crippen LogP contribution in [0.1, 0.15) is 60.9 Å². The van der Waals surface area contributed by atoms with Gasteiger partial charge in [-0.2, -0.15) is 0 Å². The van der Waals surface area contributed by atoms with E-state index >= 15 is 0 Å². The number of rotatable bonds is 3. The Morgan fingerprint density at radius 1 is 1.32 bits per heavy atom. The van der Waals surface area contributed by atoms with Gasteiger partial charge in [-0.15, -0.1) is 0 Å². The Labute approximate surface area is 131 Å². The average Bonchev–Trinajstić information content (AvgIpc) is 2.92. The molecule has 1 fully saturated rings. The first-order valence-corrected chi connectivity index (χ1v) is 8.18. The van der Waals surface area contributed by atoms with E-state index in [1.54, 1.807) is 6.33 Å². The van der Waals surface area contributed by atoms with Crippen molar-refractivity contribution < 1.29 is 4.79 Å². The predicted octanol–water partition coefficient (Wildman–Crippen LogP) is 3.04. The number of carbonyl (C=O) groups is 1. The van der Waals surface area contributed by atoms with Crippen LogP contribution in [-0.2, 0) is 0 Å². The zero-order chi connectivity index (χ0) is 15.7. The Balaban J connectivity index is 1.80.